The first kappa shape index (κ1) is 11.9. The molecule has 0 amide bonds. The van der Waals surface area contributed by atoms with E-state index in [0.717, 1.165) is 32.3 Å². The average molecular weight is 175 g/mol. The summed E-state index contributed by atoms with van der Waals surface area (Å²) in [7, 11) is 3.98. The lowest BCUT2D eigenvalue weighted by Gasteiger charge is -2.09. The van der Waals surface area contributed by atoms with Crippen LogP contribution in [0.2, 0.25) is 0 Å². The second kappa shape index (κ2) is 8.97. The lowest BCUT2D eigenvalue weighted by molar-refractivity contribution is 0.0537. The van der Waals surface area contributed by atoms with Crippen molar-refractivity contribution in [2.75, 3.05) is 34.0 Å². The minimum atomic E-state index is 0.318. The molecule has 74 valence electrons. The Balaban J connectivity index is 2.82. The molecule has 0 fully saturated rings. The van der Waals surface area contributed by atoms with E-state index in [9.17, 15) is 0 Å². The largest absolute Gasteiger partial charge is 0.396 e. The van der Waals surface area contributed by atoms with E-state index in [1.165, 1.54) is 0 Å². The number of ether oxygens (including phenoxy) is 1. The zero-order valence-corrected chi connectivity index (χ0v) is 8.25. The van der Waals surface area contributed by atoms with E-state index >= 15 is 0 Å². The number of hydrogen-bond acceptors (Lipinski definition) is 3. The zero-order chi connectivity index (χ0) is 9.23. The van der Waals surface area contributed by atoms with Crippen molar-refractivity contribution in [1.29, 1.82) is 0 Å². The van der Waals surface area contributed by atoms with E-state index in [-0.39, 0.29) is 0 Å². The average Bonchev–Trinajstić information content (AvgIpc) is 2.02. The van der Waals surface area contributed by atoms with Crippen LogP contribution in [0.25, 0.3) is 0 Å². The van der Waals surface area contributed by atoms with Gasteiger partial charge in [0.25, 0.3) is 0 Å². The summed E-state index contributed by atoms with van der Waals surface area (Å²) in [5.41, 5.74) is 0. The van der Waals surface area contributed by atoms with Gasteiger partial charge in [0.2, 0.25) is 0 Å². The maximum atomic E-state index is 8.50. The van der Waals surface area contributed by atoms with Crippen LogP contribution in [-0.4, -0.2) is 44.0 Å². The molecule has 0 unspecified atom stereocenters. The predicted octanol–water partition coefficient (Wildman–Crippen LogP) is 1.07. The lowest BCUT2D eigenvalue weighted by Crippen LogP contribution is -2.16. The summed E-state index contributed by atoms with van der Waals surface area (Å²) in [5, 5.41) is 8.50. The van der Waals surface area contributed by atoms with Gasteiger partial charge in [-0.15, -0.1) is 0 Å². The second-order valence-corrected chi connectivity index (χ2v) is 3.25. The Bertz CT molecular complexity index is 86.6. The lowest BCUT2D eigenvalue weighted by atomic mass is 10.2. The van der Waals surface area contributed by atoms with E-state index < -0.39 is 0 Å². The molecule has 3 heteroatoms. The molecule has 0 saturated carbocycles. The van der Waals surface area contributed by atoms with Crippen molar-refractivity contribution in [3.05, 3.63) is 0 Å². The molecule has 0 aliphatic rings. The minimum absolute atomic E-state index is 0.318. The Morgan fingerprint density at radius 1 is 1.08 bits per heavy atom. The number of rotatable bonds is 8. The molecule has 0 rings (SSSR count). The van der Waals surface area contributed by atoms with E-state index in [4.69, 9.17) is 9.84 Å². The molecule has 1 N–H and O–H groups in total. The Morgan fingerprint density at radius 3 is 2.33 bits per heavy atom. The van der Waals surface area contributed by atoms with Crippen LogP contribution in [0.1, 0.15) is 25.7 Å². The number of unbranched alkanes of at least 4 members (excludes halogenated alkanes) is 3. The van der Waals surface area contributed by atoms with Crippen LogP contribution in [0.15, 0.2) is 0 Å². The summed E-state index contributed by atoms with van der Waals surface area (Å²) in [4.78, 5) is 2.01. The van der Waals surface area contributed by atoms with Gasteiger partial charge in [-0.3, -0.25) is 4.90 Å². The summed E-state index contributed by atoms with van der Waals surface area (Å²) in [6, 6.07) is 0. The highest BCUT2D eigenvalue weighted by Crippen LogP contribution is 1.98. The predicted molar refractivity (Wildman–Crippen MR) is 50.1 cm³/mol. The molecule has 0 aromatic heterocycles. The van der Waals surface area contributed by atoms with Crippen LogP contribution in [0, 0.1) is 0 Å². The molecule has 0 atom stereocenters. The first-order chi connectivity index (χ1) is 5.77. The van der Waals surface area contributed by atoms with Gasteiger partial charge >= 0.3 is 0 Å². The standard InChI is InChI=1S/C9H21NO2/c1-10(2)9-12-8-6-4-3-5-7-11/h11H,3-9H2,1-2H3. The molecule has 0 saturated heterocycles. The van der Waals surface area contributed by atoms with Crippen molar-refractivity contribution in [3.8, 4) is 0 Å². The molecule has 0 aliphatic heterocycles. The van der Waals surface area contributed by atoms with Crippen molar-refractivity contribution >= 4 is 0 Å². The third-order valence-electron chi connectivity index (χ3n) is 1.55. The van der Waals surface area contributed by atoms with Crippen molar-refractivity contribution < 1.29 is 9.84 Å². The molecule has 0 radical (unpaired) electrons. The number of aliphatic hydroxyl groups is 1. The SMILES string of the molecule is CN(C)COCCCCCCO. The van der Waals surface area contributed by atoms with E-state index in [0.29, 0.717) is 13.3 Å². The summed E-state index contributed by atoms with van der Waals surface area (Å²) >= 11 is 0. The smallest absolute Gasteiger partial charge is 0.0985 e. The van der Waals surface area contributed by atoms with Gasteiger partial charge < -0.3 is 9.84 Å². The number of hydrogen-bond donors (Lipinski definition) is 1. The quantitative estimate of drug-likeness (QED) is 0.442. The molecule has 0 bridgehead atoms. The first-order valence-electron chi connectivity index (χ1n) is 4.60. The van der Waals surface area contributed by atoms with Crippen molar-refractivity contribution in [2.24, 2.45) is 0 Å². The summed E-state index contributed by atoms with van der Waals surface area (Å²) in [5.74, 6) is 0. The Hall–Kier alpha value is -0.120. The van der Waals surface area contributed by atoms with E-state index in [2.05, 4.69) is 0 Å². The normalized spacial score (nSPS) is 11.0. The maximum Gasteiger partial charge on any atom is 0.0985 e. The highest BCUT2D eigenvalue weighted by atomic mass is 16.5. The molecule has 12 heavy (non-hydrogen) atoms. The van der Waals surface area contributed by atoms with E-state index in [1.54, 1.807) is 0 Å². The van der Waals surface area contributed by atoms with Gasteiger partial charge in [-0.2, -0.15) is 0 Å². The number of nitrogens with zero attached hydrogens (tertiary/aromatic N) is 1. The van der Waals surface area contributed by atoms with Gasteiger partial charge in [0.15, 0.2) is 0 Å². The highest BCUT2D eigenvalue weighted by Gasteiger charge is 1.91. The summed E-state index contributed by atoms with van der Waals surface area (Å²) in [6.45, 7) is 1.86. The third-order valence-corrected chi connectivity index (χ3v) is 1.55. The van der Waals surface area contributed by atoms with Crippen LogP contribution >= 0.6 is 0 Å². The molecular weight excluding hydrogens is 154 g/mol. The molecule has 0 aromatic carbocycles. The van der Waals surface area contributed by atoms with Crippen LogP contribution in [0.4, 0.5) is 0 Å². The molecule has 0 aromatic rings. The number of aliphatic hydroxyl groups excluding tert-OH is 1. The van der Waals surface area contributed by atoms with Gasteiger partial charge in [-0.05, 0) is 26.9 Å². The fourth-order valence-corrected chi connectivity index (χ4v) is 0.917. The first-order valence-corrected chi connectivity index (χ1v) is 4.60. The van der Waals surface area contributed by atoms with E-state index in [1.807, 2.05) is 19.0 Å². The van der Waals surface area contributed by atoms with Crippen LogP contribution in [0.5, 0.6) is 0 Å². The maximum absolute atomic E-state index is 8.50. The highest BCUT2D eigenvalue weighted by molar-refractivity contribution is 4.41. The van der Waals surface area contributed by atoms with Crippen LogP contribution in [-0.2, 0) is 4.74 Å². The van der Waals surface area contributed by atoms with Gasteiger partial charge in [0.1, 0.15) is 0 Å². The Kier molecular flexibility index (Phi) is 8.88. The van der Waals surface area contributed by atoms with Gasteiger partial charge in [-0.1, -0.05) is 12.8 Å². The Morgan fingerprint density at radius 2 is 1.75 bits per heavy atom. The zero-order valence-electron chi connectivity index (χ0n) is 8.25. The van der Waals surface area contributed by atoms with Crippen LogP contribution < -0.4 is 0 Å². The van der Waals surface area contributed by atoms with Gasteiger partial charge in [-0.25, -0.2) is 0 Å². The van der Waals surface area contributed by atoms with Crippen LogP contribution in [0.3, 0.4) is 0 Å². The molecular formula is C9H21NO2. The van der Waals surface area contributed by atoms with Crippen molar-refractivity contribution in [1.82, 2.24) is 4.90 Å². The second-order valence-electron chi connectivity index (χ2n) is 3.25. The molecule has 0 spiro atoms. The monoisotopic (exact) mass is 175 g/mol. The molecule has 0 heterocycles. The fourth-order valence-electron chi connectivity index (χ4n) is 0.917. The molecule has 0 aliphatic carbocycles. The molecule has 3 nitrogen and oxygen atoms in total. The van der Waals surface area contributed by atoms with Crippen molar-refractivity contribution in [2.45, 2.75) is 25.7 Å². The van der Waals surface area contributed by atoms with Gasteiger partial charge in [0, 0.05) is 13.2 Å². The summed E-state index contributed by atoms with van der Waals surface area (Å²) < 4.78 is 5.34. The third kappa shape index (κ3) is 9.88. The van der Waals surface area contributed by atoms with Gasteiger partial charge in [0.05, 0.1) is 6.73 Å². The van der Waals surface area contributed by atoms with Crippen molar-refractivity contribution in [3.63, 3.8) is 0 Å². The fraction of sp³-hybridized carbons (Fsp3) is 1.00. The summed E-state index contributed by atoms with van der Waals surface area (Å²) in [6.07, 6.45) is 4.30. The minimum Gasteiger partial charge on any atom is -0.396 e. The Labute approximate surface area is 75.3 Å². The topological polar surface area (TPSA) is 32.7 Å².